The quantitative estimate of drug-likeness (QED) is 0.499. The van der Waals surface area contributed by atoms with E-state index in [2.05, 4.69) is 20.2 Å². The lowest BCUT2D eigenvalue weighted by Gasteiger charge is -2.16. The molecule has 3 aromatic heterocycles. The smallest absolute Gasteiger partial charge is 0.272 e. The summed E-state index contributed by atoms with van der Waals surface area (Å²) in [6, 6.07) is 12.8. The summed E-state index contributed by atoms with van der Waals surface area (Å²) in [7, 11) is 0. The van der Waals surface area contributed by atoms with Gasteiger partial charge in [-0.25, -0.2) is 18.7 Å². The molecule has 6 nitrogen and oxygen atoms in total. The molecule has 32 heavy (non-hydrogen) atoms. The summed E-state index contributed by atoms with van der Waals surface area (Å²) < 4.78 is 29.1. The van der Waals surface area contributed by atoms with Crippen LogP contribution in [0.4, 0.5) is 20.3 Å². The number of carbonyl (C=O) groups excluding carboxylic acids is 1. The molecule has 4 heterocycles. The molecule has 5 rings (SSSR count). The number of aromatic nitrogens is 3. The van der Waals surface area contributed by atoms with Gasteiger partial charge in [-0.1, -0.05) is 12.1 Å². The Morgan fingerprint density at radius 3 is 2.56 bits per heavy atom. The molecular weight excluding hydrogens is 412 g/mol. The number of anilines is 2. The van der Waals surface area contributed by atoms with Crippen molar-refractivity contribution in [2.75, 3.05) is 23.3 Å². The van der Waals surface area contributed by atoms with Gasteiger partial charge < -0.3 is 14.8 Å². The molecule has 8 heteroatoms. The molecule has 4 aromatic rings. The molecule has 1 fully saturated rings. The Labute approximate surface area is 183 Å². The van der Waals surface area contributed by atoms with Crippen molar-refractivity contribution in [2.24, 2.45) is 0 Å². The lowest BCUT2D eigenvalue weighted by molar-refractivity contribution is 0.101. The third kappa shape index (κ3) is 4.03. The van der Waals surface area contributed by atoms with Crippen LogP contribution in [0.1, 0.15) is 28.9 Å². The Hall–Kier alpha value is -3.81. The fourth-order valence-corrected chi connectivity index (χ4v) is 4.07. The minimum absolute atomic E-state index is 0.217. The molecule has 162 valence electrons. The van der Waals surface area contributed by atoms with Crippen LogP contribution in [0.3, 0.4) is 0 Å². The van der Waals surface area contributed by atoms with Crippen molar-refractivity contribution in [3.8, 4) is 0 Å². The third-order valence-corrected chi connectivity index (χ3v) is 5.60. The van der Waals surface area contributed by atoms with Gasteiger partial charge in [-0.05, 0) is 54.8 Å². The highest BCUT2D eigenvalue weighted by atomic mass is 19.1. The van der Waals surface area contributed by atoms with Crippen molar-refractivity contribution in [1.29, 1.82) is 0 Å². The highest BCUT2D eigenvalue weighted by molar-refractivity contribution is 6.06. The van der Waals surface area contributed by atoms with Gasteiger partial charge in [0.15, 0.2) is 0 Å². The molecule has 1 aliphatic rings. The predicted octanol–water partition coefficient (Wildman–Crippen LogP) is 4.61. The average molecular weight is 433 g/mol. The van der Waals surface area contributed by atoms with E-state index in [1.54, 1.807) is 29.0 Å². The minimum atomic E-state index is -0.492. The van der Waals surface area contributed by atoms with Crippen molar-refractivity contribution in [1.82, 2.24) is 14.5 Å². The number of halogens is 2. The zero-order valence-corrected chi connectivity index (χ0v) is 17.3. The summed E-state index contributed by atoms with van der Waals surface area (Å²) in [5.74, 6) is -0.349. The van der Waals surface area contributed by atoms with Crippen molar-refractivity contribution in [3.05, 3.63) is 83.8 Å². The van der Waals surface area contributed by atoms with E-state index in [4.69, 9.17) is 0 Å². The molecule has 1 saturated heterocycles. The summed E-state index contributed by atoms with van der Waals surface area (Å²) >= 11 is 0. The second kappa shape index (κ2) is 8.37. The van der Waals surface area contributed by atoms with Crippen LogP contribution in [-0.4, -0.2) is 33.5 Å². The number of fused-ring (bicyclic) bond motifs is 1. The van der Waals surface area contributed by atoms with E-state index in [0.29, 0.717) is 28.0 Å². The van der Waals surface area contributed by atoms with Crippen LogP contribution in [-0.2, 0) is 6.54 Å². The van der Waals surface area contributed by atoms with E-state index >= 15 is 0 Å². The van der Waals surface area contributed by atoms with Crippen LogP contribution in [0.25, 0.3) is 11.0 Å². The van der Waals surface area contributed by atoms with Crippen molar-refractivity contribution in [2.45, 2.75) is 19.4 Å². The summed E-state index contributed by atoms with van der Waals surface area (Å²) in [6.45, 7) is 2.19. The van der Waals surface area contributed by atoms with Crippen molar-refractivity contribution >= 4 is 28.4 Å². The molecular formula is C24H21F2N5O. The number of carbonyl (C=O) groups is 1. The molecule has 1 N–H and O–H groups in total. The first-order valence-electron chi connectivity index (χ1n) is 10.5. The van der Waals surface area contributed by atoms with E-state index < -0.39 is 5.82 Å². The van der Waals surface area contributed by atoms with E-state index in [1.165, 1.54) is 18.2 Å². The highest BCUT2D eigenvalue weighted by Crippen LogP contribution is 2.23. The second-order valence-corrected chi connectivity index (χ2v) is 7.87. The minimum Gasteiger partial charge on any atom is -0.357 e. The number of nitrogens with one attached hydrogen (secondary N) is 1. The number of benzene rings is 1. The largest absolute Gasteiger partial charge is 0.357 e. The first-order valence-corrected chi connectivity index (χ1v) is 10.5. The number of rotatable bonds is 5. The van der Waals surface area contributed by atoms with Crippen LogP contribution < -0.4 is 10.2 Å². The maximum atomic E-state index is 13.7. The standard InChI is InChI=1S/C24H21F2N5O/c25-18-5-3-4-16(10-18)15-31-21(12-17-11-19(26)13-28-23(17)31)24(32)29-20-6-7-22(27-14-20)30-8-1-2-9-30/h3-7,10-14H,1-2,8-9,15H2,(H,29,32). The van der Waals surface area contributed by atoms with Crippen LogP contribution in [0.5, 0.6) is 0 Å². The first-order chi connectivity index (χ1) is 15.6. The zero-order chi connectivity index (χ0) is 22.1. The van der Waals surface area contributed by atoms with E-state index in [-0.39, 0.29) is 18.3 Å². The third-order valence-electron chi connectivity index (χ3n) is 5.60. The zero-order valence-electron chi connectivity index (χ0n) is 17.3. The number of nitrogens with zero attached hydrogens (tertiary/aromatic N) is 4. The summed E-state index contributed by atoms with van der Waals surface area (Å²) in [5, 5.41) is 3.35. The van der Waals surface area contributed by atoms with Crippen LogP contribution >= 0.6 is 0 Å². The van der Waals surface area contributed by atoms with Crippen molar-refractivity contribution < 1.29 is 13.6 Å². The predicted molar refractivity (Wildman–Crippen MR) is 119 cm³/mol. The molecule has 0 bridgehead atoms. The van der Waals surface area contributed by atoms with E-state index in [1.807, 2.05) is 12.1 Å². The number of pyridine rings is 2. The maximum absolute atomic E-state index is 13.7. The average Bonchev–Trinajstić information content (AvgIpc) is 3.43. The molecule has 0 atom stereocenters. The number of amides is 1. The van der Waals surface area contributed by atoms with Crippen LogP contribution in [0, 0.1) is 11.6 Å². The second-order valence-electron chi connectivity index (χ2n) is 7.87. The van der Waals surface area contributed by atoms with Gasteiger partial charge in [0.05, 0.1) is 18.1 Å². The first kappa shape index (κ1) is 20.1. The Balaban J connectivity index is 1.45. The molecule has 1 amide bonds. The van der Waals surface area contributed by atoms with Gasteiger partial charge in [-0.2, -0.15) is 0 Å². The maximum Gasteiger partial charge on any atom is 0.272 e. The van der Waals surface area contributed by atoms with Crippen LogP contribution in [0.2, 0.25) is 0 Å². The molecule has 1 aromatic carbocycles. The summed E-state index contributed by atoms with van der Waals surface area (Å²) in [5.41, 5.74) is 1.97. The highest BCUT2D eigenvalue weighted by Gasteiger charge is 2.19. The Bertz CT molecular complexity index is 1280. The molecule has 0 aliphatic carbocycles. The van der Waals surface area contributed by atoms with Gasteiger partial charge in [0.1, 0.15) is 28.8 Å². The monoisotopic (exact) mass is 433 g/mol. The topological polar surface area (TPSA) is 63.1 Å². The molecule has 0 unspecified atom stereocenters. The van der Waals surface area contributed by atoms with Crippen molar-refractivity contribution in [3.63, 3.8) is 0 Å². The van der Waals surface area contributed by atoms with Gasteiger partial charge in [-0.15, -0.1) is 0 Å². The molecule has 0 radical (unpaired) electrons. The Morgan fingerprint density at radius 2 is 1.81 bits per heavy atom. The fraction of sp³-hybridized carbons (Fsp3) is 0.208. The lowest BCUT2D eigenvalue weighted by Crippen LogP contribution is -2.20. The fourth-order valence-electron chi connectivity index (χ4n) is 4.07. The number of hydrogen-bond donors (Lipinski definition) is 1. The molecule has 0 spiro atoms. The van der Waals surface area contributed by atoms with Gasteiger partial charge >= 0.3 is 0 Å². The van der Waals surface area contributed by atoms with Gasteiger partial charge in [0.25, 0.3) is 5.91 Å². The molecule has 0 saturated carbocycles. The number of hydrogen-bond acceptors (Lipinski definition) is 4. The van der Waals surface area contributed by atoms with Crippen LogP contribution in [0.15, 0.2) is 60.9 Å². The summed E-state index contributed by atoms with van der Waals surface area (Å²) in [6.07, 6.45) is 5.05. The lowest BCUT2D eigenvalue weighted by atomic mass is 10.2. The van der Waals surface area contributed by atoms with Gasteiger partial charge in [-0.3, -0.25) is 4.79 Å². The summed E-state index contributed by atoms with van der Waals surface area (Å²) in [4.78, 5) is 24.0. The normalized spacial score (nSPS) is 13.6. The Morgan fingerprint density at radius 1 is 0.969 bits per heavy atom. The van der Waals surface area contributed by atoms with Gasteiger partial charge in [0, 0.05) is 25.0 Å². The van der Waals surface area contributed by atoms with E-state index in [9.17, 15) is 13.6 Å². The SMILES string of the molecule is O=C(Nc1ccc(N2CCCC2)nc1)c1cc2cc(F)cnc2n1Cc1cccc(F)c1. The molecule has 1 aliphatic heterocycles. The Kier molecular flexibility index (Phi) is 5.26. The van der Waals surface area contributed by atoms with Gasteiger partial charge in [0.2, 0.25) is 0 Å². The van der Waals surface area contributed by atoms with E-state index in [0.717, 1.165) is 37.9 Å².